The van der Waals surface area contributed by atoms with Gasteiger partial charge in [0.2, 0.25) is 0 Å². The molecule has 3 heteroatoms. The van der Waals surface area contributed by atoms with Gasteiger partial charge in [-0.3, -0.25) is 0 Å². The summed E-state index contributed by atoms with van der Waals surface area (Å²) in [5, 5.41) is 0. The Balaban J connectivity index is 2.91. The molecule has 0 radical (unpaired) electrons. The highest BCUT2D eigenvalue weighted by Gasteiger charge is 2.10. The lowest BCUT2D eigenvalue weighted by Gasteiger charge is -2.14. The second-order valence-corrected chi connectivity index (χ2v) is 4.52. The molecule has 16 heavy (non-hydrogen) atoms. The molecule has 0 aromatic heterocycles. The van der Waals surface area contributed by atoms with Gasteiger partial charge in [-0.05, 0) is 31.9 Å². The minimum atomic E-state index is 0.205. The van der Waals surface area contributed by atoms with Crippen LogP contribution in [-0.2, 0) is 6.42 Å². The highest BCUT2D eigenvalue weighted by molar-refractivity contribution is 7.80. The zero-order valence-corrected chi connectivity index (χ0v) is 10.9. The number of hydrogen-bond donors (Lipinski definition) is 1. The van der Waals surface area contributed by atoms with Gasteiger partial charge in [0.05, 0.1) is 11.6 Å². The molecule has 0 amide bonds. The van der Waals surface area contributed by atoms with Crippen molar-refractivity contribution >= 4 is 17.2 Å². The summed E-state index contributed by atoms with van der Waals surface area (Å²) in [5.74, 6) is 1.15. The van der Waals surface area contributed by atoms with Crippen LogP contribution in [0.15, 0.2) is 18.2 Å². The highest BCUT2D eigenvalue weighted by atomic mass is 32.1. The smallest absolute Gasteiger partial charge is 0.122 e. The fourth-order valence-electron chi connectivity index (χ4n) is 1.59. The van der Waals surface area contributed by atoms with E-state index >= 15 is 0 Å². The van der Waals surface area contributed by atoms with Crippen molar-refractivity contribution < 1.29 is 4.74 Å². The van der Waals surface area contributed by atoms with Gasteiger partial charge in [-0.25, -0.2) is 0 Å². The summed E-state index contributed by atoms with van der Waals surface area (Å²) < 4.78 is 5.59. The van der Waals surface area contributed by atoms with E-state index in [9.17, 15) is 0 Å². The number of benzene rings is 1. The van der Waals surface area contributed by atoms with Crippen molar-refractivity contribution in [1.29, 1.82) is 0 Å². The number of thiocarbonyl (C=S) groups is 1. The Morgan fingerprint density at radius 1 is 1.50 bits per heavy atom. The maximum atomic E-state index is 5.64. The fraction of sp³-hybridized carbons (Fsp3) is 0.462. The van der Waals surface area contributed by atoms with Crippen LogP contribution in [0.4, 0.5) is 0 Å². The first-order valence-corrected chi connectivity index (χ1v) is 5.97. The van der Waals surface area contributed by atoms with Crippen LogP contribution in [0.1, 0.15) is 25.0 Å². The number of rotatable bonds is 5. The average Bonchev–Trinajstić information content (AvgIpc) is 2.22. The van der Waals surface area contributed by atoms with Crippen molar-refractivity contribution in [3.63, 3.8) is 0 Å². The van der Waals surface area contributed by atoms with Crippen LogP contribution in [0.3, 0.4) is 0 Å². The second kappa shape index (κ2) is 5.85. The van der Waals surface area contributed by atoms with Crippen LogP contribution in [0.25, 0.3) is 0 Å². The molecule has 1 rings (SSSR count). The molecule has 0 bridgehead atoms. The van der Waals surface area contributed by atoms with Crippen molar-refractivity contribution in [2.45, 2.75) is 27.2 Å². The SMILES string of the molecule is CCOc1ccc(C)cc1CC(C)C(N)=S. The largest absolute Gasteiger partial charge is 0.494 e. The van der Waals surface area contributed by atoms with Crippen molar-refractivity contribution in [2.24, 2.45) is 11.7 Å². The molecular formula is C13H19NOS. The van der Waals surface area contributed by atoms with Gasteiger partial charge in [0.25, 0.3) is 0 Å². The molecule has 0 spiro atoms. The van der Waals surface area contributed by atoms with Gasteiger partial charge < -0.3 is 10.5 Å². The molecule has 1 unspecified atom stereocenters. The predicted molar refractivity (Wildman–Crippen MR) is 72.0 cm³/mol. The first kappa shape index (κ1) is 13.0. The molecule has 0 aliphatic heterocycles. The Bertz CT molecular complexity index is 376. The van der Waals surface area contributed by atoms with Crippen LogP contribution >= 0.6 is 12.2 Å². The van der Waals surface area contributed by atoms with Gasteiger partial charge in [-0.15, -0.1) is 0 Å². The first-order valence-electron chi connectivity index (χ1n) is 5.56. The van der Waals surface area contributed by atoms with E-state index in [0.29, 0.717) is 11.6 Å². The van der Waals surface area contributed by atoms with Gasteiger partial charge in [0.15, 0.2) is 0 Å². The normalized spacial score (nSPS) is 12.2. The molecule has 0 saturated heterocycles. The Hall–Kier alpha value is -1.09. The van der Waals surface area contributed by atoms with Crippen molar-refractivity contribution in [2.75, 3.05) is 6.61 Å². The Labute approximate surface area is 103 Å². The summed E-state index contributed by atoms with van der Waals surface area (Å²) in [6, 6.07) is 6.21. The summed E-state index contributed by atoms with van der Waals surface area (Å²) in [5.41, 5.74) is 8.05. The summed E-state index contributed by atoms with van der Waals surface area (Å²) in [6.45, 7) is 6.78. The van der Waals surface area contributed by atoms with Crippen LogP contribution in [-0.4, -0.2) is 11.6 Å². The molecule has 0 fully saturated rings. The van der Waals surface area contributed by atoms with E-state index in [0.717, 1.165) is 12.2 Å². The van der Waals surface area contributed by atoms with Crippen LogP contribution in [0, 0.1) is 12.8 Å². The topological polar surface area (TPSA) is 35.2 Å². The molecule has 1 aromatic rings. The summed E-state index contributed by atoms with van der Waals surface area (Å²) in [7, 11) is 0. The fourth-order valence-corrected chi connectivity index (χ4v) is 1.68. The molecule has 0 heterocycles. The molecule has 0 aliphatic carbocycles. The van der Waals surface area contributed by atoms with Gasteiger partial charge in [0, 0.05) is 5.92 Å². The maximum Gasteiger partial charge on any atom is 0.122 e. The van der Waals surface area contributed by atoms with Crippen molar-refractivity contribution in [3.8, 4) is 5.75 Å². The molecular weight excluding hydrogens is 218 g/mol. The third-order valence-electron chi connectivity index (χ3n) is 2.53. The summed E-state index contributed by atoms with van der Waals surface area (Å²) in [4.78, 5) is 0.559. The van der Waals surface area contributed by atoms with E-state index in [4.69, 9.17) is 22.7 Å². The van der Waals surface area contributed by atoms with Crippen LogP contribution in [0.5, 0.6) is 5.75 Å². The lowest BCUT2D eigenvalue weighted by atomic mass is 9.99. The number of hydrogen-bond acceptors (Lipinski definition) is 2. The van der Waals surface area contributed by atoms with Crippen molar-refractivity contribution in [3.05, 3.63) is 29.3 Å². The first-order chi connectivity index (χ1) is 7.54. The van der Waals surface area contributed by atoms with Gasteiger partial charge >= 0.3 is 0 Å². The zero-order chi connectivity index (χ0) is 12.1. The predicted octanol–water partition coefficient (Wildman–Crippen LogP) is 2.86. The average molecular weight is 237 g/mol. The molecule has 1 atom stereocenters. The summed E-state index contributed by atoms with van der Waals surface area (Å²) in [6.07, 6.45) is 0.840. The summed E-state index contributed by atoms with van der Waals surface area (Å²) >= 11 is 5.00. The number of nitrogens with two attached hydrogens (primary N) is 1. The lowest BCUT2D eigenvalue weighted by Crippen LogP contribution is -2.20. The number of ether oxygens (including phenoxy) is 1. The zero-order valence-electron chi connectivity index (χ0n) is 10.1. The minimum Gasteiger partial charge on any atom is -0.494 e. The van der Waals surface area contributed by atoms with Gasteiger partial charge in [0.1, 0.15) is 5.75 Å². The van der Waals surface area contributed by atoms with Crippen molar-refractivity contribution in [1.82, 2.24) is 0 Å². The van der Waals surface area contributed by atoms with Crippen LogP contribution < -0.4 is 10.5 Å². The lowest BCUT2D eigenvalue weighted by molar-refractivity contribution is 0.335. The second-order valence-electron chi connectivity index (χ2n) is 4.05. The Kier molecular flexibility index (Phi) is 4.74. The molecule has 0 saturated carbocycles. The molecule has 2 nitrogen and oxygen atoms in total. The van der Waals surface area contributed by atoms with E-state index in [-0.39, 0.29) is 5.92 Å². The monoisotopic (exact) mass is 237 g/mol. The standard InChI is InChI=1S/C13H19NOS/c1-4-15-12-6-5-9(2)7-11(12)8-10(3)13(14)16/h5-7,10H,4,8H2,1-3H3,(H2,14,16). The van der Waals surface area contributed by atoms with E-state index in [1.54, 1.807) is 0 Å². The van der Waals surface area contributed by atoms with E-state index in [2.05, 4.69) is 19.1 Å². The minimum absolute atomic E-state index is 0.205. The molecule has 1 aromatic carbocycles. The Morgan fingerprint density at radius 2 is 2.19 bits per heavy atom. The van der Waals surface area contributed by atoms with Crippen LogP contribution in [0.2, 0.25) is 0 Å². The third-order valence-corrected chi connectivity index (χ3v) is 2.93. The molecule has 0 aliphatic rings. The quantitative estimate of drug-likeness (QED) is 0.800. The van der Waals surface area contributed by atoms with E-state index < -0.39 is 0 Å². The van der Waals surface area contributed by atoms with E-state index in [1.165, 1.54) is 11.1 Å². The number of aryl methyl sites for hydroxylation is 1. The highest BCUT2D eigenvalue weighted by Crippen LogP contribution is 2.23. The molecule has 2 N–H and O–H groups in total. The van der Waals surface area contributed by atoms with Gasteiger partial charge in [-0.2, -0.15) is 0 Å². The third kappa shape index (κ3) is 3.49. The van der Waals surface area contributed by atoms with Gasteiger partial charge in [-0.1, -0.05) is 36.8 Å². The Morgan fingerprint density at radius 3 is 2.75 bits per heavy atom. The molecule has 88 valence electrons. The maximum absolute atomic E-state index is 5.64. The van der Waals surface area contributed by atoms with E-state index in [1.807, 2.05) is 19.9 Å².